The van der Waals surface area contributed by atoms with Crippen molar-refractivity contribution in [1.82, 2.24) is 24.8 Å². The summed E-state index contributed by atoms with van der Waals surface area (Å²) in [5, 5.41) is 13.0. The number of pyridine rings is 1. The summed E-state index contributed by atoms with van der Waals surface area (Å²) in [7, 11) is 2.06. The van der Waals surface area contributed by atoms with Gasteiger partial charge in [0.2, 0.25) is 0 Å². The largest absolute Gasteiger partial charge is 0.371 e. The number of aromatic nitrogens is 5. The Balaban J connectivity index is 1.66. The van der Waals surface area contributed by atoms with Crippen LogP contribution in [0.4, 0.5) is 5.82 Å². The van der Waals surface area contributed by atoms with E-state index in [0.29, 0.717) is 0 Å². The van der Waals surface area contributed by atoms with Crippen molar-refractivity contribution in [1.29, 1.82) is 0 Å². The average Bonchev–Trinajstić information content (AvgIpc) is 3.28. The van der Waals surface area contributed by atoms with Crippen LogP contribution in [0.5, 0.6) is 0 Å². The van der Waals surface area contributed by atoms with Crippen molar-refractivity contribution in [3.8, 4) is 0 Å². The van der Waals surface area contributed by atoms with Crippen molar-refractivity contribution in [2.24, 2.45) is 0 Å². The van der Waals surface area contributed by atoms with E-state index in [-0.39, 0.29) is 12.1 Å². The van der Waals surface area contributed by atoms with Crippen LogP contribution >= 0.6 is 0 Å². The van der Waals surface area contributed by atoms with Crippen LogP contribution in [0.3, 0.4) is 0 Å². The topological polar surface area (TPSA) is 68.4 Å². The SMILES string of the molecule is CCc1nnc2ccc(N(C)[C@H]3CCO[C@@H]3c3cccnc3)nn12. The summed E-state index contributed by atoms with van der Waals surface area (Å²) in [4.78, 5) is 6.40. The van der Waals surface area contributed by atoms with Crippen molar-refractivity contribution in [3.63, 3.8) is 0 Å². The van der Waals surface area contributed by atoms with Crippen LogP contribution in [0.2, 0.25) is 0 Å². The molecule has 2 atom stereocenters. The maximum Gasteiger partial charge on any atom is 0.178 e. The van der Waals surface area contributed by atoms with E-state index in [1.165, 1.54) is 0 Å². The third-order valence-electron chi connectivity index (χ3n) is 4.56. The molecule has 1 saturated heterocycles. The maximum atomic E-state index is 5.97. The van der Waals surface area contributed by atoms with Gasteiger partial charge in [0.05, 0.1) is 6.04 Å². The summed E-state index contributed by atoms with van der Waals surface area (Å²) in [6, 6.07) is 8.18. The minimum absolute atomic E-state index is 0.00718. The molecule has 4 rings (SSSR count). The molecule has 1 aliphatic heterocycles. The monoisotopic (exact) mass is 324 g/mol. The van der Waals surface area contributed by atoms with Crippen molar-refractivity contribution in [2.45, 2.75) is 31.9 Å². The van der Waals surface area contributed by atoms with Crippen molar-refractivity contribution in [3.05, 3.63) is 48.0 Å². The van der Waals surface area contributed by atoms with Crippen molar-refractivity contribution >= 4 is 11.5 Å². The van der Waals surface area contributed by atoms with Gasteiger partial charge < -0.3 is 9.64 Å². The number of likely N-dealkylation sites (N-methyl/N-ethyl adjacent to an activating group) is 1. The first-order valence-corrected chi connectivity index (χ1v) is 8.23. The number of aryl methyl sites for hydroxylation is 1. The predicted octanol–water partition coefficient (Wildman–Crippen LogP) is 2.05. The van der Waals surface area contributed by atoms with Gasteiger partial charge in [-0.15, -0.1) is 15.3 Å². The molecule has 3 aromatic rings. The molecular weight excluding hydrogens is 304 g/mol. The van der Waals surface area contributed by atoms with Crippen LogP contribution in [0, 0.1) is 0 Å². The minimum Gasteiger partial charge on any atom is -0.371 e. The number of hydrogen-bond acceptors (Lipinski definition) is 6. The van der Waals surface area contributed by atoms with Gasteiger partial charge in [0, 0.05) is 38.0 Å². The van der Waals surface area contributed by atoms with Gasteiger partial charge in [-0.05, 0) is 24.6 Å². The third-order valence-corrected chi connectivity index (χ3v) is 4.56. The van der Waals surface area contributed by atoms with E-state index in [0.717, 1.165) is 42.3 Å². The van der Waals surface area contributed by atoms with Crippen molar-refractivity contribution in [2.75, 3.05) is 18.6 Å². The smallest absolute Gasteiger partial charge is 0.178 e. The molecule has 0 N–H and O–H groups in total. The molecule has 7 heteroatoms. The summed E-state index contributed by atoms with van der Waals surface area (Å²) >= 11 is 0. The fourth-order valence-corrected chi connectivity index (χ4v) is 3.24. The molecule has 0 aromatic carbocycles. The number of rotatable bonds is 4. The summed E-state index contributed by atoms with van der Waals surface area (Å²) in [5.41, 5.74) is 1.88. The summed E-state index contributed by atoms with van der Waals surface area (Å²) in [6.45, 7) is 2.79. The van der Waals surface area contributed by atoms with Gasteiger partial charge >= 0.3 is 0 Å². The second-order valence-corrected chi connectivity index (χ2v) is 5.98. The highest BCUT2D eigenvalue weighted by molar-refractivity contribution is 5.46. The van der Waals surface area contributed by atoms with E-state index in [1.807, 2.05) is 28.9 Å². The van der Waals surface area contributed by atoms with Gasteiger partial charge in [-0.25, -0.2) is 0 Å². The summed E-state index contributed by atoms with van der Waals surface area (Å²) in [5.74, 6) is 1.76. The molecule has 124 valence electrons. The quantitative estimate of drug-likeness (QED) is 0.731. The van der Waals surface area contributed by atoms with E-state index < -0.39 is 0 Å². The fraction of sp³-hybridized carbons (Fsp3) is 0.412. The van der Waals surface area contributed by atoms with Crippen LogP contribution in [0.15, 0.2) is 36.7 Å². The molecule has 3 aromatic heterocycles. The Hall–Kier alpha value is -2.54. The summed E-state index contributed by atoms with van der Waals surface area (Å²) in [6.07, 6.45) is 5.42. The molecule has 1 aliphatic rings. The first kappa shape index (κ1) is 15.0. The minimum atomic E-state index is 0.00718. The van der Waals surface area contributed by atoms with Gasteiger partial charge in [-0.2, -0.15) is 4.52 Å². The van der Waals surface area contributed by atoms with E-state index in [9.17, 15) is 0 Å². The molecule has 0 radical (unpaired) electrons. The molecular formula is C17H20N6O. The van der Waals surface area contributed by atoms with Gasteiger partial charge in [-0.1, -0.05) is 13.0 Å². The molecule has 4 heterocycles. The Kier molecular flexibility index (Phi) is 3.86. The first-order valence-electron chi connectivity index (χ1n) is 8.23. The number of nitrogens with zero attached hydrogens (tertiary/aromatic N) is 6. The van der Waals surface area contributed by atoms with Gasteiger partial charge in [-0.3, -0.25) is 4.98 Å². The Bertz CT molecular complexity index is 833. The lowest BCUT2D eigenvalue weighted by atomic mass is 10.0. The normalized spacial score (nSPS) is 20.6. The Morgan fingerprint density at radius 1 is 1.29 bits per heavy atom. The third kappa shape index (κ3) is 2.50. The Morgan fingerprint density at radius 3 is 3.00 bits per heavy atom. The lowest BCUT2D eigenvalue weighted by Crippen LogP contribution is -2.35. The predicted molar refractivity (Wildman–Crippen MR) is 89.9 cm³/mol. The van der Waals surface area contributed by atoms with E-state index >= 15 is 0 Å². The van der Waals surface area contributed by atoms with E-state index in [4.69, 9.17) is 9.84 Å². The van der Waals surface area contributed by atoms with E-state index in [2.05, 4.69) is 40.1 Å². The van der Waals surface area contributed by atoms with Crippen LogP contribution in [0.1, 0.15) is 30.8 Å². The number of anilines is 1. The number of fused-ring (bicyclic) bond motifs is 1. The van der Waals surface area contributed by atoms with Gasteiger partial charge in [0.15, 0.2) is 11.5 Å². The van der Waals surface area contributed by atoms with Crippen LogP contribution in [-0.4, -0.2) is 44.5 Å². The van der Waals surface area contributed by atoms with Gasteiger partial charge in [0.25, 0.3) is 0 Å². The zero-order valence-corrected chi connectivity index (χ0v) is 13.8. The van der Waals surface area contributed by atoms with Gasteiger partial charge in [0.1, 0.15) is 11.9 Å². The lowest BCUT2D eigenvalue weighted by Gasteiger charge is -2.29. The zero-order valence-electron chi connectivity index (χ0n) is 13.8. The number of ether oxygens (including phenoxy) is 1. The van der Waals surface area contributed by atoms with Crippen LogP contribution in [-0.2, 0) is 11.2 Å². The second-order valence-electron chi connectivity index (χ2n) is 5.98. The molecule has 0 spiro atoms. The van der Waals surface area contributed by atoms with Crippen molar-refractivity contribution < 1.29 is 4.74 Å². The molecule has 0 amide bonds. The second kappa shape index (κ2) is 6.16. The Morgan fingerprint density at radius 2 is 2.21 bits per heavy atom. The van der Waals surface area contributed by atoms with Crippen LogP contribution < -0.4 is 4.90 Å². The molecule has 0 bridgehead atoms. The average molecular weight is 324 g/mol. The molecule has 24 heavy (non-hydrogen) atoms. The zero-order chi connectivity index (χ0) is 16.5. The highest BCUT2D eigenvalue weighted by Gasteiger charge is 2.33. The molecule has 7 nitrogen and oxygen atoms in total. The standard InChI is InChI=1S/C17H20N6O/c1-3-14-19-20-15-6-7-16(21-23(14)15)22(2)13-8-10-24-17(13)12-5-4-9-18-11-12/h4-7,9,11,13,17H,3,8,10H2,1-2H3/t13-,17+/m0/s1. The van der Waals surface area contributed by atoms with E-state index in [1.54, 1.807) is 6.20 Å². The first-order chi connectivity index (χ1) is 11.8. The fourth-order valence-electron chi connectivity index (χ4n) is 3.24. The highest BCUT2D eigenvalue weighted by atomic mass is 16.5. The van der Waals surface area contributed by atoms with Crippen LogP contribution in [0.25, 0.3) is 5.65 Å². The Labute approximate surface area is 140 Å². The molecule has 0 saturated carbocycles. The molecule has 1 fully saturated rings. The number of hydrogen-bond donors (Lipinski definition) is 0. The lowest BCUT2D eigenvalue weighted by molar-refractivity contribution is 0.104. The molecule has 0 unspecified atom stereocenters. The molecule has 0 aliphatic carbocycles. The highest BCUT2D eigenvalue weighted by Crippen LogP contribution is 2.33. The maximum absolute atomic E-state index is 5.97. The summed E-state index contributed by atoms with van der Waals surface area (Å²) < 4.78 is 7.79.